The zero-order valence-electron chi connectivity index (χ0n) is 11.5. The fourth-order valence-corrected chi connectivity index (χ4v) is 2.87. The fourth-order valence-electron chi connectivity index (χ4n) is 2.87. The van der Waals surface area contributed by atoms with Crippen LogP contribution in [-0.4, -0.2) is 44.7 Å². The Morgan fingerprint density at radius 3 is 2.39 bits per heavy atom. The van der Waals surface area contributed by atoms with Gasteiger partial charge in [0.1, 0.15) is 0 Å². The number of rotatable bonds is 6. The maximum Gasteiger partial charge on any atom is 0.0989 e. The average Bonchev–Trinajstić information content (AvgIpc) is 2.63. The summed E-state index contributed by atoms with van der Waals surface area (Å²) in [5.74, 6) is 0. The van der Waals surface area contributed by atoms with Crippen LogP contribution in [0.2, 0.25) is 0 Å². The summed E-state index contributed by atoms with van der Waals surface area (Å²) in [5, 5.41) is 0. The highest BCUT2D eigenvalue weighted by molar-refractivity contribution is 4.95. The van der Waals surface area contributed by atoms with E-state index in [-0.39, 0.29) is 18.2 Å². The molecule has 0 aromatic rings. The Balaban J connectivity index is 1.70. The summed E-state index contributed by atoms with van der Waals surface area (Å²) < 4.78 is 16.9. The van der Waals surface area contributed by atoms with Crippen LogP contribution >= 0.6 is 0 Å². The highest BCUT2D eigenvalue weighted by Crippen LogP contribution is 2.30. The van der Waals surface area contributed by atoms with Crippen LogP contribution < -0.4 is 5.73 Å². The van der Waals surface area contributed by atoms with Crippen LogP contribution in [0.4, 0.5) is 0 Å². The van der Waals surface area contributed by atoms with E-state index in [1.165, 1.54) is 38.5 Å². The lowest BCUT2D eigenvalue weighted by atomic mass is 9.85. The SMILES string of the molecule is COCCOC1C(N)CC1OC1CCCCCC1. The number of nitrogens with two attached hydrogens (primary N) is 1. The Labute approximate surface area is 110 Å². The molecular formula is C14H27NO3. The van der Waals surface area contributed by atoms with Gasteiger partial charge >= 0.3 is 0 Å². The summed E-state index contributed by atoms with van der Waals surface area (Å²) in [6, 6.07) is 0.137. The van der Waals surface area contributed by atoms with E-state index in [1.54, 1.807) is 7.11 Å². The molecule has 0 bridgehead atoms. The van der Waals surface area contributed by atoms with Gasteiger partial charge in [-0.2, -0.15) is 0 Å². The standard InChI is InChI=1S/C14H27NO3/c1-16-8-9-17-14-12(15)10-13(14)18-11-6-4-2-3-5-7-11/h11-14H,2-10,15H2,1H3. The maximum absolute atomic E-state index is 6.18. The van der Waals surface area contributed by atoms with Crippen LogP contribution in [0, 0.1) is 0 Å². The molecule has 2 aliphatic carbocycles. The van der Waals surface area contributed by atoms with Crippen molar-refractivity contribution in [1.82, 2.24) is 0 Å². The molecule has 2 N–H and O–H groups in total. The van der Waals surface area contributed by atoms with Gasteiger partial charge in [-0.1, -0.05) is 25.7 Å². The van der Waals surface area contributed by atoms with Gasteiger partial charge < -0.3 is 19.9 Å². The molecule has 3 atom stereocenters. The lowest BCUT2D eigenvalue weighted by Gasteiger charge is -2.43. The van der Waals surface area contributed by atoms with Gasteiger partial charge in [-0.15, -0.1) is 0 Å². The van der Waals surface area contributed by atoms with Gasteiger partial charge in [0, 0.05) is 13.2 Å². The molecular weight excluding hydrogens is 230 g/mol. The van der Waals surface area contributed by atoms with Gasteiger partial charge in [0.15, 0.2) is 0 Å². The molecule has 2 aliphatic rings. The summed E-state index contributed by atoms with van der Waals surface area (Å²) >= 11 is 0. The van der Waals surface area contributed by atoms with Crippen molar-refractivity contribution in [1.29, 1.82) is 0 Å². The second-order valence-electron chi connectivity index (χ2n) is 5.52. The molecule has 2 rings (SSSR count). The van der Waals surface area contributed by atoms with E-state index in [2.05, 4.69) is 0 Å². The third-order valence-corrected chi connectivity index (χ3v) is 4.06. The highest BCUT2D eigenvalue weighted by atomic mass is 16.6. The minimum Gasteiger partial charge on any atom is -0.382 e. The number of hydrogen-bond donors (Lipinski definition) is 1. The second-order valence-corrected chi connectivity index (χ2v) is 5.52. The molecule has 4 heteroatoms. The van der Waals surface area contributed by atoms with Gasteiger partial charge in [0.2, 0.25) is 0 Å². The molecule has 106 valence electrons. The van der Waals surface area contributed by atoms with Gasteiger partial charge in [0.25, 0.3) is 0 Å². The minimum atomic E-state index is 0.0726. The van der Waals surface area contributed by atoms with Crippen molar-refractivity contribution in [3.8, 4) is 0 Å². The van der Waals surface area contributed by atoms with Crippen LogP contribution in [0.5, 0.6) is 0 Å². The normalized spacial score (nSPS) is 34.0. The molecule has 2 saturated carbocycles. The first-order valence-electron chi connectivity index (χ1n) is 7.33. The van der Waals surface area contributed by atoms with E-state index >= 15 is 0 Å². The molecule has 0 aliphatic heterocycles. The minimum absolute atomic E-state index is 0.0726. The first-order valence-corrected chi connectivity index (χ1v) is 7.33. The molecule has 0 radical (unpaired) electrons. The van der Waals surface area contributed by atoms with E-state index < -0.39 is 0 Å². The molecule has 2 fully saturated rings. The third kappa shape index (κ3) is 3.92. The third-order valence-electron chi connectivity index (χ3n) is 4.06. The van der Waals surface area contributed by atoms with Gasteiger partial charge in [-0.3, -0.25) is 0 Å². The molecule has 4 nitrogen and oxygen atoms in total. The van der Waals surface area contributed by atoms with E-state index in [1.807, 2.05) is 0 Å². The molecule has 0 spiro atoms. The quantitative estimate of drug-likeness (QED) is 0.583. The highest BCUT2D eigenvalue weighted by Gasteiger charge is 2.41. The summed E-state index contributed by atoms with van der Waals surface area (Å²) in [5.41, 5.74) is 5.99. The molecule has 18 heavy (non-hydrogen) atoms. The Kier molecular flexibility index (Phi) is 5.89. The lowest BCUT2D eigenvalue weighted by molar-refractivity contribution is -0.166. The zero-order chi connectivity index (χ0) is 12.8. The van der Waals surface area contributed by atoms with E-state index in [9.17, 15) is 0 Å². The van der Waals surface area contributed by atoms with Crippen molar-refractivity contribution in [3.63, 3.8) is 0 Å². The van der Waals surface area contributed by atoms with Gasteiger partial charge in [-0.25, -0.2) is 0 Å². The molecule has 0 heterocycles. The zero-order valence-corrected chi connectivity index (χ0v) is 11.5. The van der Waals surface area contributed by atoms with Crippen molar-refractivity contribution in [3.05, 3.63) is 0 Å². The van der Waals surface area contributed by atoms with Crippen molar-refractivity contribution in [2.75, 3.05) is 20.3 Å². The summed E-state index contributed by atoms with van der Waals surface area (Å²) in [6.45, 7) is 1.23. The Morgan fingerprint density at radius 1 is 1.06 bits per heavy atom. The molecule has 0 aromatic carbocycles. The Hall–Kier alpha value is -0.160. The summed E-state index contributed by atoms with van der Waals surface area (Å²) in [4.78, 5) is 0. The van der Waals surface area contributed by atoms with Crippen LogP contribution in [0.1, 0.15) is 44.9 Å². The van der Waals surface area contributed by atoms with Crippen molar-refractivity contribution < 1.29 is 14.2 Å². The van der Waals surface area contributed by atoms with Crippen LogP contribution in [0.15, 0.2) is 0 Å². The topological polar surface area (TPSA) is 53.7 Å². The molecule has 0 aromatic heterocycles. The van der Waals surface area contributed by atoms with Crippen LogP contribution in [-0.2, 0) is 14.2 Å². The van der Waals surface area contributed by atoms with Crippen molar-refractivity contribution in [2.45, 2.75) is 69.3 Å². The predicted molar refractivity (Wildman–Crippen MR) is 70.6 cm³/mol. The molecule has 0 amide bonds. The fraction of sp³-hybridized carbons (Fsp3) is 1.00. The van der Waals surface area contributed by atoms with Crippen LogP contribution in [0.25, 0.3) is 0 Å². The average molecular weight is 257 g/mol. The van der Waals surface area contributed by atoms with Crippen molar-refractivity contribution in [2.24, 2.45) is 5.73 Å². The second kappa shape index (κ2) is 7.43. The number of hydrogen-bond acceptors (Lipinski definition) is 4. The maximum atomic E-state index is 6.18. The van der Waals surface area contributed by atoms with E-state index in [0.717, 1.165) is 6.42 Å². The largest absolute Gasteiger partial charge is 0.382 e. The predicted octanol–water partition coefficient (Wildman–Crippen LogP) is 1.86. The lowest BCUT2D eigenvalue weighted by Crippen LogP contribution is -2.59. The van der Waals surface area contributed by atoms with Crippen molar-refractivity contribution >= 4 is 0 Å². The summed E-state index contributed by atoms with van der Waals surface area (Å²) in [7, 11) is 1.68. The van der Waals surface area contributed by atoms with Gasteiger partial charge in [-0.05, 0) is 19.3 Å². The number of ether oxygens (including phenoxy) is 3. The summed E-state index contributed by atoms with van der Waals surface area (Å²) in [6.07, 6.45) is 9.38. The monoisotopic (exact) mass is 257 g/mol. The Bertz CT molecular complexity index is 229. The van der Waals surface area contributed by atoms with Gasteiger partial charge in [0.05, 0.1) is 31.5 Å². The molecule has 0 saturated heterocycles. The van der Waals surface area contributed by atoms with E-state index in [0.29, 0.717) is 19.3 Å². The Morgan fingerprint density at radius 2 is 1.78 bits per heavy atom. The smallest absolute Gasteiger partial charge is 0.0989 e. The van der Waals surface area contributed by atoms with E-state index in [4.69, 9.17) is 19.9 Å². The number of methoxy groups -OCH3 is 1. The first-order chi connectivity index (χ1) is 8.81. The first kappa shape index (κ1) is 14.3. The molecule has 3 unspecified atom stereocenters. The van der Waals surface area contributed by atoms with Crippen LogP contribution in [0.3, 0.4) is 0 Å².